The van der Waals surface area contributed by atoms with Crippen molar-refractivity contribution in [3.63, 3.8) is 0 Å². The number of carbonyl (C=O) groups is 2. The topological polar surface area (TPSA) is 92.2 Å². The van der Waals surface area contributed by atoms with Crippen molar-refractivity contribution in [2.75, 3.05) is 23.3 Å². The summed E-state index contributed by atoms with van der Waals surface area (Å²) in [5.41, 5.74) is 3.45. The molecule has 154 valence electrons. The summed E-state index contributed by atoms with van der Waals surface area (Å²) in [6, 6.07) is 15.0. The summed E-state index contributed by atoms with van der Waals surface area (Å²) in [7, 11) is 0. The second-order valence-electron chi connectivity index (χ2n) is 7.49. The van der Waals surface area contributed by atoms with Gasteiger partial charge in [-0.3, -0.25) is 9.69 Å². The van der Waals surface area contributed by atoms with Gasteiger partial charge in [0.25, 0.3) is 5.91 Å². The number of aryl methyl sites for hydroxylation is 1. The van der Waals surface area contributed by atoms with E-state index in [1.54, 1.807) is 33.8 Å². The number of benzene rings is 2. The first kappa shape index (κ1) is 19.6. The first-order valence-electron chi connectivity index (χ1n) is 9.94. The van der Waals surface area contributed by atoms with E-state index in [-0.39, 0.29) is 17.8 Å². The molecule has 1 aromatic heterocycles. The number of nitrogens with one attached hydrogen (secondary N) is 2. The van der Waals surface area contributed by atoms with E-state index in [9.17, 15) is 9.59 Å². The molecule has 8 nitrogen and oxygen atoms in total. The third-order valence-electron chi connectivity index (χ3n) is 5.05. The van der Waals surface area contributed by atoms with Crippen molar-refractivity contribution in [1.29, 1.82) is 0 Å². The molecular weight excluding hydrogens is 380 g/mol. The van der Waals surface area contributed by atoms with E-state index < -0.39 is 0 Å². The van der Waals surface area contributed by atoms with Crippen LogP contribution in [0.3, 0.4) is 0 Å². The van der Waals surface area contributed by atoms with Gasteiger partial charge in [-0.15, -0.1) is 5.10 Å². The predicted octanol–water partition coefficient (Wildman–Crippen LogP) is 3.48. The summed E-state index contributed by atoms with van der Waals surface area (Å²) in [5, 5.41) is 10.0. The van der Waals surface area contributed by atoms with Gasteiger partial charge in [0.05, 0.1) is 5.69 Å². The van der Waals surface area contributed by atoms with Crippen LogP contribution in [0, 0.1) is 6.92 Å². The van der Waals surface area contributed by atoms with E-state index in [4.69, 9.17) is 0 Å². The number of anilines is 2. The number of hydrogen-bond donors (Lipinski definition) is 2. The molecule has 0 radical (unpaired) electrons. The minimum absolute atomic E-state index is 0.106. The smallest absolute Gasteiger partial charge is 0.321 e. The number of urea groups is 1. The lowest BCUT2D eigenvalue weighted by atomic mass is 10.0. The molecule has 0 bridgehead atoms. The van der Waals surface area contributed by atoms with Crippen LogP contribution in [0.15, 0.2) is 48.5 Å². The van der Waals surface area contributed by atoms with Crippen molar-refractivity contribution in [1.82, 2.24) is 20.1 Å². The van der Waals surface area contributed by atoms with Gasteiger partial charge in [-0.05, 0) is 48.7 Å². The molecule has 8 heteroatoms. The molecule has 0 aliphatic carbocycles. The zero-order chi connectivity index (χ0) is 21.3. The molecule has 2 N–H and O–H groups in total. The normalized spacial score (nSPS) is 13.6. The Balaban J connectivity index is 1.52. The van der Waals surface area contributed by atoms with Crippen LogP contribution >= 0.6 is 0 Å². The molecule has 1 aliphatic heterocycles. The molecule has 0 atom stereocenters. The lowest BCUT2D eigenvalue weighted by Gasteiger charge is -2.14. The summed E-state index contributed by atoms with van der Waals surface area (Å²) >= 11 is 0. The second kappa shape index (κ2) is 7.98. The van der Waals surface area contributed by atoms with Gasteiger partial charge in [-0.2, -0.15) is 0 Å². The summed E-state index contributed by atoms with van der Waals surface area (Å²) < 4.78 is 1.71. The molecule has 0 unspecified atom stereocenters. The number of nitrogens with zero attached hydrogens (tertiary/aromatic N) is 4. The van der Waals surface area contributed by atoms with Crippen molar-refractivity contribution in [2.24, 2.45) is 0 Å². The van der Waals surface area contributed by atoms with Gasteiger partial charge in [0.1, 0.15) is 5.82 Å². The highest BCUT2D eigenvalue weighted by Gasteiger charge is 2.21. The maximum atomic E-state index is 12.7. The molecule has 0 spiro atoms. The minimum atomic E-state index is -0.384. The maximum Gasteiger partial charge on any atom is 0.321 e. The maximum absolute atomic E-state index is 12.7. The predicted molar refractivity (Wildman–Crippen MR) is 115 cm³/mol. The van der Waals surface area contributed by atoms with Crippen LogP contribution in [-0.4, -0.2) is 39.8 Å². The highest BCUT2D eigenvalue weighted by atomic mass is 16.2. The first-order valence-corrected chi connectivity index (χ1v) is 9.94. The van der Waals surface area contributed by atoms with E-state index in [0.29, 0.717) is 30.5 Å². The standard InChI is InChI=1S/C22H24N6O2/c1-14(2)18-6-4-5-7-19(18)28-15(3)24-20(26-28)21(29)25-16-8-10-17(11-9-16)27-13-12-23-22(27)30/h4-11,14H,12-13H2,1-3H3,(H,23,30)(H,25,29). The van der Waals surface area contributed by atoms with E-state index in [2.05, 4.69) is 40.6 Å². The number of amides is 3. The Morgan fingerprint density at radius 2 is 1.87 bits per heavy atom. The van der Waals surface area contributed by atoms with E-state index in [0.717, 1.165) is 16.9 Å². The summed E-state index contributed by atoms with van der Waals surface area (Å²) in [4.78, 5) is 30.5. The fourth-order valence-electron chi connectivity index (χ4n) is 3.51. The lowest BCUT2D eigenvalue weighted by molar-refractivity contribution is 0.101. The highest BCUT2D eigenvalue weighted by Crippen LogP contribution is 2.23. The molecule has 0 saturated carbocycles. The molecule has 1 aliphatic rings. The number of aromatic nitrogens is 3. The van der Waals surface area contributed by atoms with Gasteiger partial charge in [0.2, 0.25) is 5.82 Å². The minimum Gasteiger partial charge on any atom is -0.336 e. The van der Waals surface area contributed by atoms with Crippen LogP contribution in [-0.2, 0) is 0 Å². The van der Waals surface area contributed by atoms with Crippen molar-refractivity contribution >= 4 is 23.3 Å². The zero-order valence-corrected chi connectivity index (χ0v) is 17.2. The van der Waals surface area contributed by atoms with Crippen molar-refractivity contribution in [3.05, 3.63) is 65.7 Å². The van der Waals surface area contributed by atoms with Gasteiger partial charge >= 0.3 is 6.03 Å². The summed E-state index contributed by atoms with van der Waals surface area (Å²) in [5.74, 6) is 0.682. The second-order valence-corrected chi connectivity index (χ2v) is 7.49. The number of hydrogen-bond acceptors (Lipinski definition) is 4. The average Bonchev–Trinajstić information content (AvgIpc) is 3.34. The molecular formula is C22H24N6O2. The molecule has 1 saturated heterocycles. The Morgan fingerprint density at radius 3 is 2.53 bits per heavy atom. The van der Waals surface area contributed by atoms with E-state index >= 15 is 0 Å². The van der Waals surface area contributed by atoms with Crippen LogP contribution in [0.2, 0.25) is 0 Å². The average molecular weight is 404 g/mol. The Hall–Kier alpha value is -3.68. The monoisotopic (exact) mass is 404 g/mol. The highest BCUT2D eigenvalue weighted by molar-refractivity contribution is 6.02. The Bertz CT molecular complexity index is 1090. The van der Waals surface area contributed by atoms with E-state index in [1.165, 1.54) is 0 Å². The van der Waals surface area contributed by atoms with Gasteiger partial charge in [-0.25, -0.2) is 14.5 Å². The van der Waals surface area contributed by atoms with Crippen molar-refractivity contribution in [3.8, 4) is 5.69 Å². The molecule has 2 heterocycles. The van der Waals surface area contributed by atoms with Gasteiger partial charge in [0.15, 0.2) is 0 Å². The largest absolute Gasteiger partial charge is 0.336 e. The molecule has 1 fully saturated rings. The Kier molecular flexibility index (Phi) is 5.22. The third kappa shape index (κ3) is 3.76. The van der Waals surface area contributed by atoms with Crippen LogP contribution in [0.5, 0.6) is 0 Å². The van der Waals surface area contributed by atoms with Gasteiger partial charge in [-0.1, -0.05) is 32.0 Å². The van der Waals surface area contributed by atoms with Crippen LogP contribution in [0.4, 0.5) is 16.2 Å². The molecule has 4 rings (SSSR count). The van der Waals surface area contributed by atoms with Crippen LogP contribution in [0.25, 0.3) is 5.69 Å². The van der Waals surface area contributed by atoms with Crippen molar-refractivity contribution in [2.45, 2.75) is 26.7 Å². The number of rotatable bonds is 5. The Labute approximate surface area is 174 Å². The fraction of sp³-hybridized carbons (Fsp3) is 0.273. The van der Waals surface area contributed by atoms with Gasteiger partial charge < -0.3 is 10.6 Å². The zero-order valence-electron chi connectivity index (χ0n) is 17.2. The quantitative estimate of drug-likeness (QED) is 0.681. The van der Waals surface area contributed by atoms with E-state index in [1.807, 2.05) is 25.1 Å². The van der Waals surface area contributed by atoms with Crippen molar-refractivity contribution < 1.29 is 9.59 Å². The number of carbonyl (C=O) groups excluding carboxylic acids is 2. The third-order valence-corrected chi connectivity index (χ3v) is 5.05. The summed E-state index contributed by atoms with van der Waals surface area (Å²) in [6.07, 6.45) is 0. The Morgan fingerprint density at radius 1 is 1.13 bits per heavy atom. The SMILES string of the molecule is Cc1nc(C(=O)Nc2ccc(N3CCNC3=O)cc2)nn1-c1ccccc1C(C)C. The van der Waals surface area contributed by atoms with Crippen LogP contribution in [0.1, 0.15) is 41.8 Å². The first-order chi connectivity index (χ1) is 14.4. The summed E-state index contributed by atoms with van der Waals surface area (Å²) in [6.45, 7) is 7.33. The number of para-hydroxylation sites is 1. The lowest BCUT2D eigenvalue weighted by Crippen LogP contribution is -2.27. The van der Waals surface area contributed by atoms with Crippen LogP contribution < -0.4 is 15.5 Å². The molecule has 3 amide bonds. The fourth-order valence-corrected chi connectivity index (χ4v) is 3.51. The molecule has 2 aromatic carbocycles. The van der Waals surface area contributed by atoms with Gasteiger partial charge in [0, 0.05) is 24.5 Å². The molecule has 3 aromatic rings. The molecule has 30 heavy (non-hydrogen) atoms.